The molecule has 7 heteroatoms. The van der Waals surface area contributed by atoms with E-state index in [0.29, 0.717) is 11.1 Å². The Bertz CT molecular complexity index is 488. The van der Waals surface area contributed by atoms with Crippen molar-refractivity contribution < 1.29 is 4.79 Å². The lowest BCUT2D eigenvalue weighted by Gasteiger charge is -1.99. The monoisotopic (exact) mass is 232 g/mol. The van der Waals surface area contributed by atoms with Gasteiger partial charge in [0.05, 0.1) is 0 Å². The molecular formula is C10H12N6O. The van der Waals surface area contributed by atoms with Gasteiger partial charge in [-0.2, -0.15) is 0 Å². The highest BCUT2D eigenvalue weighted by molar-refractivity contribution is 5.99. The Hall–Kier alpha value is -2.70. The van der Waals surface area contributed by atoms with E-state index >= 15 is 0 Å². The fraction of sp³-hybridized carbons (Fsp3) is 0. The standard InChI is InChI=1S/C10H12N6O/c1-14-10(13)16-15-8(11)6-2-4-7(5-3-6)9(12)17/h2-5H,1H2,(H2,11,15)(H2,12,17)(H2,13,16). The summed E-state index contributed by atoms with van der Waals surface area (Å²) in [6, 6.07) is 6.29. The number of aliphatic imine (C=N–C) groups is 1. The van der Waals surface area contributed by atoms with Crippen molar-refractivity contribution in [2.45, 2.75) is 0 Å². The van der Waals surface area contributed by atoms with Crippen molar-refractivity contribution in [2.24, 2.45) is 32.4 Å². The van der Waals surface area contributed by atoms with Gasteiger partial charge in [0, 0.05) is 11.1 Å². The molecule has 0 aromatic heterocycles. The molecule has 0 unspecified atom stereocenters. The van der Waals surface area contributed by atoms with Gasteiger partial charge in [-0.05, 0) is 18.9 Å². The molecule has 88 valence electrons. The van der Waals surface area contributed by atoms with Crippen LogP contribution in [0.1, 0.15) is 15.9 Å². The second kappa shape index (κ2) is 5.40. The third kappa shape index (κ3) is 3.42. The molecule has 0 heterocycles. The van der Waals surface area contributed by atoms with Crippen LogP contribution in [0.5, 0.6) is 0 Å². The van der Waals surface area contributed by atoms with Crippen LogP contribution in [0.2, 0.25) is 0 Å². The maximum atomic E-state index is 10.8. The summed E-state index contributed by atoms with van der Waals surface area (Å²) in [6.45, 7) is 3.18. The van der Waals surface area contributed by atoms with Gasteiger partial charge in [0.15, 0.2) is 5.84 Å². The summed E-state index contributed by atoms with van der Waals surface area (Å²) in [7, 11) is 0. The predicted octanol–water partition coefficient (Wildman–Crippen LogP) is -0.579. The summed E-state index contributed by atoms with van der Waals surface area (Å²) < 4.78 is 0. The highest BCUT2D eigenvalue weighted by Crippen LogP contribution is 2.03. The lowest BCUT2D eigenvalue weighted by atomic mass is 10.1. The van der Waals surface area contributed by atoms with Crippen LogP contribution in [0.3, 0.4) is 0 Å². The molecule has 7 nitrogen and oxygen atoms in total. The van der Waals surface area contributed by atoms with Gasteiger partial charge in [-0.3, -0.25) is 4.79 Å². The largest absolute Gasteiger partial charge is 0.382 e. The van der Waals surface area contributed by atoms with Crippen molar-refractivity contribution in [3.63, 3.8) is 0 Å². The molecule has 0 aliphatic heterocycles. The van der Waals surface area contributed by atoms with Crippen molar-refractivity contribution >= 4 is 24.4 Å². The lowest BCUT2D eigenvalue weighted by molar-refractivity contribution is 0.100. The van der Waals surface area contributed by atoms with Gasteiger partial charge in [-0.1, -0.05) is 12.1 Å². The Morgan fingerprint density at radius 3 is 2.00 bits per heavy atom. The molecule has 0 spiro atoms. The first kappa shape index (κ1) is 12.4. The normalized spacial score (nSPS) is 12.2. The molecule has 1 amide bonds. The zero-order chi connectivity index (χ0) is 12.8. The van der Waals surface area contributed by atoms with E-state index in [1.165, 1.54) is 0 Å². The number of amidine groups is 1. The van der Waals surface area contributed by atoms with E-state index in [2.05, 4.69) is 21.9 Å². The maximum absolute atomic E-state index is 10.8. The minimum absolute atomic E-state index is 0.0818. The van der Waals surface area contributed by atoms with E-state index in [1.54, 1.807) is 24.3 Å². The van der Waals surface area contributed by atoms with E-state index in [9.17, 15) is 4.79 Å². The van der Waals surface area contributed by atoms with Gasteiger partial charge in [-0.25, -0.2) is 4.99 Å². The first-order valence-electron chi connectivity index (χ1n) is 4.58. The van der Waals surface area contributed by atoms with Gasteiger partial charge in [0.25, 0.3) is 0 Å². The van der Waals surface area contributed by atoms with Crippen LogP contribution in [0.4, 0.5) is 0 Å². The van der Waals surface area contributed by atoms with E-state index in [0.717, 1.165) is 0 Å². The first-order chi connectivity index (χ1) is 8.04. The van der Waals surface area contributed by atoms with Crippen molar-refractivity contribution in [2.75, 3.05) is 0 Å². The summed E-state index contributed by atoms with van der Waals surface area (Å²) in [4.78, 5) is 14.2. The molecule has 0 fully saturated rings. The summed E-state index contributed by atoms with van der Waals surface area (Å²) >= 11 is 0. The second-order valence-corrected chi connectivity index (χ2v) is 3.04. The molecule has 0 bridgehead atoms. The highest BCUT2D eigenvalue weighted by Gasteiger charge is 2.02. The number of primary amides is 1. The fourth-order valence-electron chi connectivity index (χ4n) is 1.000. The third-order valence-corrected chi connectivity index (χ3v) is 1.89. The van der Waals surface area contributed by atoms with Gasteiger partial charge >= 0.3 is 0 Å². The first-order valence-corrected chi connectivity index (χ1v) is 4.58. The molecule has 0 saturated carbocycles. The average Bonchev–Trinajstić information content (AvgIpc) is 2.35. The number of guanidine groups is 1. The number of benzene rings is 1. The average molecular weight is 232 g/mol. The Kier molecular flexibility index (Phi) is 3.93. The molecule has 0 radical (unpaired) electrons. The Balaban J connectivity index is 2.93. The Morgan fingerprint density at radius 1 is 1.00 bits per heavy atom. The van der Waals surface area contributed by atoms with Crippen LogP contribution in [0.15, 0.2) is 39.5 Å². The highest BCUT2D eigenvalue weighted by atomic mass is 16.1. The van der Waals surface area contributed by atoms with E-state index in [1.807, 2.05) is 0 Å². The molecule has 0 aliphatic carbocycles. The SMILES string of the molecule is C=N/C(N)=N\N=C(/N)c1ccc(C(N)=O)cc1. The van der Waals surface area contributed by atoms with Gasteiger partial charge in [0.1, 0.15) is 0 Å². The minimum atomic E-state index is -0.509. The number of carbonyl (C=O) groups is 1. The van der Waals surface area contributed by atoms with Crippen LogP contribution in [-0.2, 0) is 0 Å². The molecular weight excluding hydrogens is 220 g/mol. The Labute approximate surface area is 97.7 Å². The molecule has 1 aromatic carbocycles. The molecule has 1 rings (SSSR count). The van der Waals surface area contributed by atoms with Crippen LogP contribution in [-0.4, -0.2) is 24.4 Å². The van der Waals surface area contributed by atoms with Crippen LogP contribution in [0, 0.1) is 0 Å². The fourth-order valence-corrected chi connectivity index (χ4v) is 1.000. The van der Waals surface area contributed by atoms with Crippen molar-refractivity contribution in [3.8, 4) is 0 Å². The van der Waals surface area contributed by atoms with Crippen molar-refractivity contribution in [3.05, 3.63) is 35.4 Å². The number of carbonyl (C=O) groups excluding carboxylic acids is 1. The van der Waals surface area contributed by atoms with Crippen LogP contribution in [0.25, 0.3) is 0 Å². The number of hydrogen-bond donors (Lipinski definition) is 3. The molecule has 0 atom stereocenters. The molecule has 1 aromatic rings. The maximum Gasteiger partial charge on any atom is 0.248 e. The molecule has 17 heavy (non-hydrogen) atoms. The smallest absolute Gasteiger partial charge is 0.248 e. The van der Waals surface area contributed by atoms with E-state index in [4.69, 9.17) is 17.2 Å². The zero-order valence-corrected chi connectivity index (χ0v) is 9.00. The lowest BCUT2D eigenvalue weighted by Crippen LogP contribution is -2.15. The van der Waals surface area contributed by atoms with Gasteiger partial charge in [-0.15, -0.1) is 10.2 Å². The number of nitrogens with zero attached hydrogens (tertiary/aromatic N) is 3. The summed E-state index contributed by atoms with van der Waals surface area (Å²) in [5.41, 5.74) is 17.0. The summed E-state index contributed by atoms with van der Waals surface area (Å²) in [6.07, 6.45) is 0. The zero-order valence-electron chi connectivity index (χ0n) is 9.00. The quantitative estimate of drug-likeness (QED) is 0.366. The molecule has 6 N–H and O–H groups in total. The number of nitrogens with two attached hydrogens (primary N) is 3. The van der Waals surface area contributed by atoms with Crippen molar-refractivity contribution in [1.82, 2.24) is 0 Å². The third-order valence-electron chi connectivity index (χ3n) is 1.89. The minimum Gasteiger partial charge on any atom is -0.382 e. The summed E-state index contributed by atoms with van der Waals surface area (Å²) in [5, 5.41) is 7.16. The van der Waals surface area contributed by atoms with Gasteiger partial charge < -0.3 is 17.2 Å². The van der Waals surface area contributed by atoms with Crippen molar-refractivity contribution in [1.29, 1.82) is 0 Å². The van der Waals surface area contributed by atoms with E-state index in [-0.39, 0.29) is 11.8 Å². The predicted molar refractivity (Wildman–Crippen MR) is 66.9 cm³/mol. The molecule has 0 aliphatic rings. The van der Waals surface area contributed by atoms with Crippen LogP contribution < -0.4 is 17.2 Å². The topological polar surface area (TPSA) is 132 Å². The van der Waals surface area contributed by atoms with Gasteiger partial charge in [0.2, 0.25) is 11.9 Å². The van der Waals surface area contributed by atoms with Crippen LogP contribution >= 0.6 is 0 Å². The number of rotatable bonds is 3. The Morgan fingerprint density at radius 2 is 1.53 bits per heavy atom. The number of hydrogen-bond acceptors (Lipinski definition) is 3. The van der Waals surface area contributed by atoms with E-state index < -0.39 is 5.91 Å². The number of amides is 1. The molecule has 0 saturated heterocycles. The summed E-state index contributed by atoms with van der Waals surface area (Å²) in [5.74, 6) is -0.445. The second-order valence-electron chi connectivity index (χ2n) is 3.04.